The minimum Gasteiger partial charge on any atom is -0.396 e. The van der Waals surface area contributed by atoms with Gasteiger partial charge in [-0.1, -0.05) is 36.4 Å². The van der Waals surface area contributed by atoms with Crippen LogP contribution >= 0.6 is 0 Å². The summed E-state index contributed by atoms with van der Waals surface area (Å²) in [5.74, 6) is -0.284. The molecule has 1 aliphatic rings. The number of rotatable bonds is 4. The van der Waals surface area contributed by atoms with Crippen LogP contribution in [0.5, 0.6) is 0 Å². The number of piperidine rings is 1. The largest absolute Gasteiger partial charge is 0.396 e. The topological polar surface area (TPSA) is 49.5 Å². The Kier molecular flexibility index (Phi) is 4.94. The lowest BCUT2D eigenvalue weighted by Crippen LogP contribution is -2.35. The van der Waals surface area contributed by atoms with Crippen LogP contribution in [0.4, 0.5) is 10.1 Å². The number of hydrogen-bond donors (Lipinski definition) is 2. The Labute approximate surface area is 136 Å². The number of likely N-dealkylation sites (tertiary alicyclic amines) is 1. The van der Waals surface area contributed by atoms with Crippen molar-refractivity contribution in [3.63, 3.8) is 0 Å². The molecule has 2 aromatic rings. The maximum atomic E-state index is 13.6. The second-order valence-corrected chi connectivity index (χ2v) is 6.32. The van der Waals surface area contributed by atoms with Crippen LogP contribution in [0.3, 0.4) is 0 Å². The van der Waals surface area contributed by atoms with Gasteiger partial charge >= 0.3 is 0 Å². The minimum absolute atomic E-state index is 0.124. The lowest BCUT2D eigenvalue weighted by atomic mass is 9.87. The van der Waals surface area contributed by atoms with Gasteiger partial charge in [0, 0.05) is 6.54 Å². The lowest BCUT2D eigenvalue weighted by Gasteiger charge is -2.34. The van der Waals surface area contributed by atoms with E-state index in [0.717, 1.165) is 32.5 Å². The van der Waals surface area contributed by atoms with E-state index in [0.29, 0.717) is 5.56 Å². The van der Waals surface area contributed by atoms with Gasteiger partial charge in [-0.25, -0.2) is 4.39 Å². The van der Waals surface area contributed by atoms with Gasteiger partial charge in [0.15, 0.2) is 0 Å². The molecule has 0 radical (unpaired) electrons. The maximum Gasteiger partial charge on any atom is 0.146 e. The number of nitrogens with zero attached hydrogens (tertiary/aromatic N) is 1. The molecule has 3 nitrogen and oxygen atoms in total. The van der Waals surface area contributed by atoms with Crippen LogP contribution < -0.4 is 5.73 Å². The summed E-state index contributed by atoms with van der Waals surface area (Å²) in [6.45, 7) is 2.85. The first-order valence-electron chi connectivity index (χ1n) is 8.13. The van der Waals surface area contributed by atoms with Crippen LogP contribution in [0.1, 0.15) is 30.1 Å². The monoisotopic (exact) mass is 314 g/mol. The Morgan fingerprint density at radius 1 is 1.13 bits per heavy atom. The second kappa shape index (κ2) is 7.11. The first kappa shape index (κ1) is 16.0. The lowest BCUT2D eigenvalue weighted by molar-refractivity contribution is 0.0566. The highest BCUT2D eigenvalue weighted by molar-refractivity contribution is 5.41. The zero-order chi connectivity index (χ0) is 16.2. The molecule has 23 heavy (non-hydrogen) atoms. The van der Waals surface area contributed by atoms with Crippen molar-refractivity contribution < 1.29 is 9.50 Å². The average Bonchev–Trinajstić information content (AvgIpc) is 2.58. The quantitative estimate of drug-likeness (QED) is 0.851. The van der Waals surface area contributed by atoms with Gasteiger partial charge in [0.05, 0.1) is 11.8 Å². The molecular formula is C19H23FN2O. The zero-order valence-corrected chi connectivity index (χ0v) is 13.2. The summed E-state index contributed by atoms with van der Waals surface area (Å²) in [5, 5.41) is 10.5. The van der Waals surface area contributed by atoms with Crippen molar-refractivity contribution in [2.75, 3.05) is 18.8 Å². The summed E-state index contributed by atoms with van der Waals surface area (Å²) in [7, 11) is 0. The standard InChI is InChI=1S/C19H23FN2O/c20-17-12-16(6-7-18(17)21)19(23)15-8-10-22(11-9-15)13-14-4-2-1-3-5-14/h1-7,12,15,19,23H,8-11,13,21H2. The van der Waals surface area contributed by atoms with Crippen LogP contribution in [-0.2, 0) is 6.54 Å². The molecule has 0 aliphatic carbocycles. The molecular weight excluding hydrogens is 291 g/mol. The molecule has 1 aliphatic heterocycles. The van der Waals surface area contributed by atoms with Gasteiger partial charge in [-0.2, -0.15) is 0 Å². The highest BCUT2D eigenvalue weighted by atomic mass is 19.1. The number of aliphatic hydroxyl groups is 1. The molecule has 0 spiro atoms. The van der Waals surface area contributed by atoms with E-state index in [-0.39, 0.29) is 11.6 Å². The average molecular weight is 314 g/mol. The number of benzene rings is 2. The molecule has 3 rings (SSSR count). The second-order valence-electron chi connectivity index (χ2n) is 6.32. The molecule has 1 atom stereocenters. The summed E-state index contributed by atoms with van der Waals surface area (Å²) < 4.78 is 13.6. The van der Waals surface area contributed by atoms with E-state index in [4.69, 9.17) is 5.73 Å². The molecule has 0 bridgehead atoms. The molecule has 1 unspecified atom stereocenters. The van der Waals surface area contributed by atoms with Gasteiger partial charge < -0.3 is 10.8 Å². The van der Waals surface area contributed by atoms with Crippen LogP contribution in [0.2, 0.25) is 0 Å². The van der Waals surface area contributed by atoms with Crippen molar-refractivity contribution >= 4 is 5.69 Å². The van der Waals surface area contributed by atoms with Crippen LogP contribution in [0.25, 0.3) is 0 Å². The van der Waals surface area contributed by atoms with Crippen LogP contribution in [0.15, 0.2) is 48.5 Å². The Morgan fingerprint density at radius 2 is 1.83 bits per heavy atom. The summed E-state index contributed by atoms with van der Waals surface area (Å²) in [4.78, 5) is 2.40. The van der Waals surface area contributed by atoms with Gasteiger partial charge in [0.25, 0.3) is 0 Å². The van der Waals surface area contributed by atoms with Crippen molar-refractivity contribution in [1.82, 2.24) is 4.90 Å². The highest BCUT2D eigenvalue weighted by Gasteiger charge is 2.26. The van der Waals surface area contributed by atoms with E-state index < -0.39 is 11.9 Å². The van der Waals surface area contributed by atoms with Gasteiger partial charge in [-0.05, 0) is 55.1 Å². The van der Waals surface area contributed by atoms with Crippen molar-refractivity contribution in [2.24, 2.45) is 5.92 Å². The van der Waals surface area contributed by atoms with E-state index in [1.54, 1.807) is 6.07 Å². The fourth-order valence-electron chi connectivity index (χ4n) is 3.27. The van der Waals surface area contributed by atoms with E-state index in [9.17, 15) is 9.50 Å². The number of nitrogens with two attached hydrogens (primary N) is 1. The predicted molar refractivity (Wildman–Crippen MR) is 90.2 cm³/mol. The molecule has 0 saturated carbocycles. The fraction of sp³-hybridized carbons (Fsp3) is 0.368. The molecule has 1 saturated heterocycles. The third-order valence-electron chi connectivity index (χ3n) is 4.69. The highest BCUT2D eigenvalue weighted by Crippen LogP contribution is 2.32. The van der Waals surface area contributed by atoms with Crippen molar-refractivity contribution in [2.45, 2.75) is 25.5 Å². The van der Waals surface area contributed by atoms with Gasteiger partial charge in [-0.3, -0.25) is 4.90 Å². The summed E-state index contributed by atoms with van der Waals surface area (Å²) in [6, 6.07) is 15.0. The van der Waals surface area contributed by atoms with Gasteiger partial charge in [0.1, 0.15) is 5.82 Å². The number of hydrogen-bond acceptors (Lipinski definition) is 3. The summed E-state index contributed by atoms with van der Waals surface area (Å²) >= 11 is 0. The normalized spacial score (nSPS) is 18.0. The Hall–Kier alpha value is -1.91. The molecule has 0 amide bonds. The number of halogens is 1. The fourth-order valence-corrected chi connectivity index (χ4v) is 3.27. The van der Waals surface area contributed by atoms with Gasteiger partial charge in [-0.15, -0.1) is 0 Å². The molecule has 1 heterocycles. The third kappa shape index (κ3) is 3.89. The molecule has 0 aromatic heterocycles. The predicted octanol–water partition coefficient (Wildman–Crippen LogP) is 3.35. The summed E-state index contributed by atoms with van der Waals surface area (Å²) in [5.41, 5.74) is 7.55. The van der Waals surface area contributed by atoms with E-state index in [1.807, 2.05) is 6.07 Å². The SMILES string of the molecule is Nc1ccc(C(O)C2CCN(Cc3ccccc3)CC2)cc1F. The molecule has 1 fully saturated rings. The Bertz CT molecular complexity index is 639. The van der Waals surface area contributed by atoms with Crippen molar-refractivity contribution in [3.8, 4) is 0 Å². The molecule has 4 heteroatoms. The molecule has 3 N–H and O–H groups in total. The third-order valence-corrected chi connectivity index (χ3v) is 4.69. The zero-order valence-electron chi connectivity index (χ0n) is 13.2. The van der Waals surface area contributed by atoms with Crippen molar-refractivity contribution in [3.05, 3.63) is 65.5 Å². The van der Waals surface area contributed by atoms with E-state index >= 15 is 0 Å². The number of anilines is 1. The minimum atomic E-state index is -0.621. The molecule has 2 aromatic carbocycles. The Morgan fingerprint density at radius 3 is 2.48 bits per heavy atom. The summed E-state index contributed by atoms with van der Waals surface area (Å²) in [6.07, 6.45) is 1.21. The van der Waals surface area contributed by atoms with Gasteiger partial charge in [0.2, 0.25) is 0 Å². The van der Waals surface area contributed by atoms with Crippen LogP contribution in [0, 0.1) is 11.7 Å². The first-order valence-corrected chi connectivity index (χ1v) is 8.13. The van der Waals surface area contributed by atoms with Crippen LogP contribution in [-0.4, -0.2) is 23.1 Å². The van der Waals surface area contributed by atoms with E-state index in [1.165, 1.54) is 17.7 Å². The van der Waals surface area contributed by atoms with Crippen molar-refractivity contribution in [1.29, 1.82) is 0 Å². The first-order chi connectivity index (χ1) is 11.1. The maximum absolute atomic E-state index is 13.6. The Balaban J connectivity index is 1.56. The van der Waals surface area contributed by atoms with E-state index in [2.05, 4.69) is 29.2 Å². The molecule has 122 valence electrons. The number of nitrogen functional groups attached to an aromatic ring is 1. The number of aliphatic hydroxyl groups excluding tert-OH is 1. The smallest absolute Gasteiger partial charge is 0.146 e.